The highest BCUT2D eigenvalue weighted by Crippen LogP contribution is 2.15. The van der Waals surface area contributed by atoms with Gasteiger partial charge in [0.25, 0.3) is 0 Å². The fourth-order valence-electron chi connectivity index (χ4n) is 1.59. The topological polar surface area (TPSA) is 60.4 Å². The van der Waals surface area contributed by atoms with Crippen molar-refractivity contribution in [3.63, 3.8) is 0 Å². The van der Waals surface area contributed by atoms with E-state index in [9.17, 15) is 14.4 Å². The Morgan fingerprint density at radius 2 is 1.28 bits per heavy atom. The summed E-state index contributed by atoms with van der Waals surface area (Å²) in [5.41, 5.74) is 0.975. The van der Waals surface area contributed by atoms with E-state index in [1.54, 1.807) is 13.8 Å². The summed E-state index contributed by atoms with van der Waals surface area (Å²) >= 11 is 0. The molecule has 0 saturated carbocycles. The van der Waals surface area contributed by atoms with Gasteiger partial charge in [0.1, 0.15) is 0 Å². The fourth-order valence-corrected chi connectivity index (χ4v) is 1.59. The minimum atomic E-state index is -0.550. The predicted molar refractivity (Wildman–Crippen MR) is 67.0 cm³/mol. The molecule has 0 heterocycles. The van der Waals surface area contributed by atoms with Crippen molar-refractivity contribution in [1.29, 1.82) is 0 Å². The molecule has 0 amide bonds. The molecule has 4 heteroatoms. The zero-order chi connectivity index (χ0) is 13.7. The Kier molecular flexibility index (Phi) is 4.77. The average Bonchev–Trinajstić information content (AvgIpc) is 2.43. The molecule has 0 aromatic heterocycles. The van der Waals surface area contributed by atoms with Gasteiger partial charge in [0.05, 0.1) is 12.7 Å². The molecule has 18 heavy (non-hydrogen) atoms. The maximum Gasteiger partial charge on any atom is 0.337 e. The van der Waals surface area contributed by atoms with Crippen molar-refractivity contribution in [2.75, 3.05) is 7.11 Å². The van der Waals surface area contributed by atoms with E-state index in [2.05, 4.69) is 4.74 Å². The second-order valence-electron chi connectivity index (χ2n) is 3.84. The number of carbonyl (C=O) groups excluding carboxylic acids is 3. The molecule has 0 aliphatic heterocycles. The first-order valence-corrected chi connectivity index (χ1v) is 5.83. The van der Waals surface area contributed by atoms with Crippen molar-refractivity contribution in [3.05, 3.63) is 34.9 Å². The summed E-state index contributed by atoms with van der Waals surface area (Å²) in [6.07, 6.45) is 0.648. The molecule has 0 atom stereocenters. The van der Waals surface area contributed by atoms with Gasteiger partial charge in [0, 0.05) is 24.0 Å². The lowest BCUT2D eigenvalue weighted by molar-refractivity contribution is 0.0600. The van der Waals surface area contributed by atoms with Crippen LogP contribution in [0.2, 0.25) is 0 Å². The summed E-state index contributed by atoms with van der Waals surface area (Å²) in [4.78, 5) is 34.8. The highest BCUT2D eigenvalue weighted by molar-refractivity contribution is 6.04. The van der Waals surface area contributed by atoms with Gasteiger partial charge in [-0.15, -0.1) is 0 Å². The Hall–Kier alpha value is -1.97. The molecule has 0 aliphatic carbocycles. The minimum absolute atomic E-state index is 0.106. The number of ketones is 2. The normalized spacial score (nSPS) is 9.94. The van der Waals surface area contributed by atoms with Crippen LogP contribution in [0.1, 0.15) is 57.8 Å². The molecule has 0 saturated heterocycles. The number of Topliss-reactive ketones (excluding diaryl/α,β-unsaturated/α-hetero) is 2. The van der Waals surface area contributed by atoms with Crippen molar-refractivity contribution < 1.29 is 19.1 Å². The summed E-state index contributed by atoms with van der Waals surface area (Å²) in [6, 6.07) is 4.46. The third-order valence-electron chi connectivity index (χ3n) is 2.64. The van der Waals surface area contributed by atoms with Crippen LogP contribution in [0.25, 0.3) is 0 Å². The smallest absolute Gasteiger partial charge is 0.337 e. The van der Waals surface area contributed by atoms with E-state index in [0.29, 0.717) is 24.0 Å². The van der Waals surface area contributed by atoms with Gasteiger partial charge in [-0.2, -0.15) is 0 Å². The number of benzene rings is 1. The first-order chi connectivity index (χ1) is 8.53. The SMILES string of the molecule is CCC(=O)c1cc(C(=O)CC)cc(C(=O)OC)c1. The van der Waals surface area contributed by atoms with Crippen LogP contribution in [0.4, 0.5) is 0 Å². The Bertz CT molecular complexity index is 405. The van der Waals surface area contributed by atoms with Crippen LogP contribution >= 0.6 is 0 Å². The molecular weight excluding hydrogens is 232 g/mol. The van der Waals surface area contributed by atoms with Crippen LogP contribution in [0.15, 0.2) is 18.2 Å². The number of carbonyl (C=O) groups is 3. The van der Waals surface area contributed by atoms with Crippen LogP contribution in [-0.4, -0.2) is 24.6 Å². The molecule has 1 aromatic rings. The van der Waals surface area contributed by atoms with Crippen LogP contribution in [0.5, 0.6) is 0 Å². The summed E-state index contributed by atoms with van der Waals surface area (Å²) < 4.78 is 4.61. The van der Waals surface area contributed by atoms with Crippen molar-refractivity contribution in [2.24, 2.45) is 0 Å². The van der Waals surface area contributed by atoms with E-state index in [0.717, 1.165) is 0 Å². The monoisotopic (exact) mass is 248 g/mol. The molecule has 0 aliphatic rings. The van der Waals surface area contributed by atoms with Gasteiger partial charge < -0.3 is 4.74 Å². The van der Waals surface area contributed by atoms with Crippen LogP contribution in [-0.2, 0) is 4.74 Å². The lowest BCUT2D eigenvalue weighted by Crippen LogP contribution is -2.08. The second kappa shape index (κ2) is 6.10. The van der Waals surface area contributed by atoms with Crippen LogP contribution < -0.4 is 0 Å². The molecule has 0 radical (unpaired) electrons. The molecule has 1 aromatic carbocycles. The van der Waals surface area contributed by atoms with Gasteiger partial charge >= 0.3 is 5.97 Å². The summed E-state index contributed by atoms with van der Waals surface area (Å²) in [6.45, 7) is 3.46. The van der Waals surface area contributed by atoms with E-state index >= 15 is 0 Å². The van der Waals surface area contributed by atoms with Crippen LogP contribution in [0.3, 0.4) is 0 Å². The standard InChI is InChI=1S/C14H16O4/c1-4-12(15)9-6-10(13(16)5-2)8-11(7-9)14(17)18-3/h6-8H,4-5H2,1-3H3. The first-order valence-electron chi connectivity index (χ1n) is 5.83. The lowest BCUT2D eigenvalue weighted by Gasteiger charge is -2.06. The molecule has 96 valence electrons. The molecule has 0 unspecified atom stereocenters. The molecule has 0 bridgehead atoms. The zero-order valence-electron chi connectivity index (χ0n) is 10.8. The summed E-state index contributed by atoms with van der Waals surface area (Å²) in [5.74, 6) is -0.761. The summed E-state index contributed by atoms with van der Waals surface area (Å²) in [7, 11) is 1.26. The third-order valence-corrected chi connectivity index (χ3v) is 2.64. The Morgan fingerprint density at radius 1 is 0.889 bits per heavy atom. The third kappa shape index (κ3) is 3.03. The number of esters is 1. The van der Waals surface area contributed by atoms with E-state index in [-0.39, 0.29) is 17.1 Å². The van der Waals surface area contributed by atoms with Gasteiger partial charge in [-0.05, 0) is 18.2 Å². The Morgan fingerprint density at radius 3 is 1.61 bits per heavy atom. The van der Waals surface area contributed by atoms with E-state index < -0.39 is 5.97 Å². The van der Waals surface area contributed by atoms with Gasteiger partial charge in [-0.25, -0.2) is 4.79 Å². The minimum Gasteiger partial charge on any atom is -0.465 e. The first kappa shape index (κ1) is 14.1. The number of methoxy groups -OCH3 is 1. The molecule has 0 N–H and O–H groups in total. The van der Waals surface area contributed by atoms with Gasteiger partial charge in [0.2, 0.25) is 0 Å². The van der Waals surface area contributed by atoms with Crippen LogP contribution in [0, 0.1) is 0 Å². The maximum atomic E-state index is 11.7. The zero-order valence-corrected chi connectivity index (χ0v) is 10.8. The fraction of sp³-hybridized carbons (Fsp3) is 0.357. The van der Waals surface area contributed by atoms with Crippen molar-refractivity contribution in [2.45, 2.75) is 26.7 Å². The van der Waals surface area contributed by atoms with E-state index in [4.69, 9.17) is 0 Å². The van der Waals surface area contributed by atoms with Crippen molar-refractivity contribution >= 4 is 17.5 Å². The second-order valence-corrected chi connectivity index (χ2v) is 3.84. The Balaban J connectivity index is 3.32. The number of ether oxygens (including phenoxy) is 1. The van der Waals surface area contributed by atoms with Crippen molar-refractivity contribution in [1.82, 2.24) is 0 Å². The molecular formula is C14H16O4. The highest BCUT2D eigenvalue weighted by atomic mass is 16.5. The molecule has 0 spiro atoms. The molecule has 1 rings (SSSR count). The number of rotatable bonds is 5. The number of hydrogen-bond acceptors (Lipinski definition) is 4. The highest BCUT2D eigenvalue weighted by Gasteiger charge is 2.14. The quantitative estimate of drug-likeness (QED) is 0.593. The van der Waals surface area contributed by atoms with E-state index in [1.165, 1.54) is 25.3 Å². The molecule has 4 nitrogen and oxygen atoms in total. The number of hydrogen-bond donors (Lipinski definition) is 0. The van der Waals surface area contributed by atoms with Gasteiger partial charge in [0.15, 0.2) is 11.6 Å². The lowest BCUT2D eigenvalue weighted by atomic mass is 9.98. The van der Waals surface area contributed by atoms with Gasteiger partial charge in [-0.3, -0.25) is 9.59 Å². The Labute approximate surface area is 106 Å². The maximum absolute atomic E-state index is 11.7. The molecule has 0 fully saturated rings. The van der Waals surface area contributed by atoms with Crippen molar-refractivity contribution in [3.8, 4) is 0 Å². The largest absolute Gasteiger partial charge is 0.465 e. The van der Waals surface area contributed by atoms with E-state index in [1.807, 2.05) is 0 Å². The predicted octanol–water partition coefficient (Wildman–Crippen LogP) is 2.66. The van der Waals surface area contributed by atoms with Gasteiger partial charge in [-0.1, -0.05) is 13.8 Å². The summed E-state index contributed by atoms with van der Waals surface area (Å²) in [5, 5.41) is 0. The average molecular weight is 248 g/mol.